The van der Waals surface area contributed by atoms with E-state index < -0.39 is 0 Å². The van der Waals surface area contributed by atoms with E-state index in [0.717, 1.165) is 12.5 Å². The fraction of sp³-hybridized carbons (Fsp3) is 0.654. The summed E-state index contributed by atoms with van der Waals surface area (Å²) in [5, 5.41) is 0. The molecule has 186 valence electrons. The first kappa shape index (κ1) is 34.2. The predicted octanol–water partition coefficient (Wildman–Crippen LogP) is 6.50. The summed E-state index contributed by atoms with van der Waals surface area (Å²) in [7, 11) is 1.33. The lowest BCUT2D eigenvalue weighted by Crippen LogP contribution is -2.05. The predicted molar refractivity (Wildman–Crippen MR) is 131 cm³/mol. The molecule has 0 rings (SSSR count). The summed E-state index contributed by atoms with van der Waals surface area (Å²) < 4.78 is 13.7. The monoisotopic (exact) mass is 454 g/mol. The Kier molecular flexibility index (Phi) is 28.5. The number of carbonyl (C=O) groups is 3. The van der Waals surface area contributed by atoms with Gasteiger partial charge in [0, 0.05) is 17.2 Å². The highest BCUT2D eigenvalue weighted by Crippen LogP contribution is 2.10. The Bertz CT molecular complexity index is 534. The van der Waals surface area contributed by atoms with Crippen LogP contribution in [0.1, 0.15) is 91.9 Å². The van der Waals surface area contributed by atoms with Crippen LogP contribution in [0.5, 0.6) is 0 Å². The van der Waals surface area contributed by atoms with Gasteiger partial charge in [-0.2, -0.15) is 0 Å². The molecule has 0 N–H and O–H groups in total. The largest absolute Gasteiger partial charge is 0.466 e. The van der Waals surface area contributed by atoms with Crippen LogP contribution in [0, 0.1) is 0 Å². The van der Waals surface area contributed by atoms with Crippen LogP contribution in [0.25, 0.3) is 0 Å². The van der Waals surface area contributed by atoms with Gasteiger partial charge in [0.25, 0.3) is 0 Å². The van der Waals surface area contributed by atoms with Crippen molar-refractivity contribution >= 4 is 17.9 Å². The summed E-state index contributed by atoms with van der Waals surface area (Å²) in [5.74, 6) is -0.964. The first-order valence-corrected chi connectivity index (χ1v) is 11.5. The van der Waals surface area contributed by atoms with Gasteiger partial charge in [-0.05, 0) is 27.2 Å². The average Bonchev–Trinajstić information content (AvgIpc) is 2.77. The number of hydrogen-bond donors (Lipinski definition) is 0. The lowest BCUT2D eigenvalue weighted by molar-refractivity contribution is -0.139. The van der Waals surface area contributed by atoms with E-state index in [1.54, 1.807) is 20.8 Å². The number of methoxy groups -OCH3 is 1. The molecular weight excluding hydrogens is 408 g/mol. The number of hydrogen-bond acceptors (Lipinski definition) is 6. The SMILES string of the molecule is C=C(C)C(=O)OC.C=C(C)C(=O)OCCCCCCCCCCCC.C=CC(=O)OCC. The van der Waals surface area contributed by atoms with Crippen molar-refractivity contribution in [1.29, 1.82) is 0 Å². The van der Waals surface area contributed by atoms with Crippen molar-refractivity contribution in [2.45, 2.75) is 91.9 Å². The minimum Gasteiger partial charge on any atom is -0.466 e. The van der Waals surface area contributed by atoms with Gasteiger partial charge in [-0.3, -0.25) is 0 Å². The van der Waals surface area contributed by atoms with Gasteiger partial charge in [0.1, 0.15) is 0 Å². The van der Waals surface area contributed by atoms with E-state index in [-0.39, 0.29) is 17.9 Å². The molecule has 0 unspecified atom stereocenters. The third-order valence-electron chi connectivity index (χ3n) is 4.07. The van der Waals surface area contributed by atoms with E-state index in [1.165, 1.54) is 64.9 Å². The quantitative estimate of drug-likeness (QED) is 0.122. The van der Waals surface area contributed by atoms with Crippen molar-refractivity contribution in [2.75, 3.05) is 20.3 Å². The Morgan fingerprint density at radius 3 is 1.44 bits per heavy atom. The molecule has 0 spiro atoms. The lowest BCUT2D eigenvalue weighted by Gasteiger charge is -2.04. The number of unbranched alkanes of at least 4 members (excludes halogenated alkanes) is 9. The maximum atomic E-state index is 11.1. The van der Waals surface area contributed by atoms with E-state index in [1.807, 2.05) is 0 Å². The molecule has 0 fully saturated rings. The Balaban J connectivity index is -0.000000491. The first-order chi connectivity index (χ1) is 15.2. The molecule has 0 heterocycles. The molecule has 32 heavy (non-hydrogen) atoms. The Labute approximate surface area is 196 Å². The third-order valence-corrected chi connectivity index (χ3v) is 4.07. The zero-order valence-corrected chi connectivity index (χ0v) is 21.1. The molecular formula is C26H46O6. The molecule has 0 amide bonds. The number of rotatable bonds is 15. The third kappa shape index (κ3) is 29.8. The smallest absolute Gasteiger partial charge is 0.333 e. The van der Waals surface area contributed by atoms with Crippen molar-refractivity contribution in [3.05, 3.63) is 37.0 Å². The van der Waals surface area contributed by atoms with Crippen LogP contribution in [0.4, 0.5) is 0 Å². The van der Waals surface area contributed by atoms with Crippen LogP contribution in [0.3, 0.4) is 0 Å². The number of carbonyl (C=O) groups excluding carboxylic acids is 3. The zero-order valence-electron chi connectivity index (χ0n) is 21.1. The zero-order chi connectivity index (χ0) is 25.2. The molecule has 6 heteroatoms. The normalized spacial score (nSPS) is 9.16. The molecule has 0 aliphatic rings. The second kappa shape index (κ2) is 26.7. The van der Waals surface area contributed by atoms with E-state index in [9.17, 15) is 14.4 Å². The van der Waals surface area contributed by atoms with Crippen LogP contribution in [0.15, 0.2) is 37.0 Å². The molecule has 6 nitrogen and oxygen atoms in total. The minimum atomic E-state index is -0.359. The van der Waals surface area contributed by atoms with Crippen molar-refractivity contribution < 1.29 is 28.6 Å². The summed E-state index contributed by atoms with van der Waals surface area (Å²) in [5.41, 5.74) is 0.921. The van der Waals surface area contributed by atoms with Crippen LogP contribution < -0.4 is 0 Å². The topological polar surface area (TPSA) is 78.9 Å². The first-order valence-electron chi connectivity index (χ1n) is 11.5. The Morgan fingerprint density at radius 2 is 1.16 bits per heavy atom. The average molecular weight is 455 g/mol. The Morgan fingerprint density at radius 1 is 0.719 bits per heavy atom. The highest BCUT2D eigenvalue weighted by Gasteiger charge is 2.01. The van der Waals surface area contributed by atoms with Gasteiger partial charge in [0.2, 0.25) is 0 Å². The molecule has 0 aliphatic heterocycles. The molecule has 0 saturated carbocycles. The molecule has 0 aliphatic carbocycles. The van der Waals surface area contributed by atoms with Crippen LogP contribution in [0.2, 0.25) is 0 Å². The van der Waals surface area contributed by atoms with Gasteiger partial charge in [-0.15, -0.1) is 0 Å². The molecule has 0 aromatic rings. The summed E-state index contributed by atoms with van der Waals surface area (Å²) in [6.45, 7) is 18.4. The summed E-state index contributed by atoms with van der Waals surface area (Å²) in [6.07, 6.45) is 14.1. The number of esters is 3. The van der Waals surface area contributed by atoms with Gasteiger partial charge >= 0.3 is 17.9 Å². The van der Waals surface area contributed by atoms with Gasteiger partial charge < -0.3 is 14.2 Å². The minimum absolute atomic E-state index is 0.258. The lowest BCUT2D eigenvalue weighted by atomic mass is 10.1. The summed E-state index contributed by atoms with van der Waals surface area (Å²) in [4.78, 5) is 31.3. The summed E-state index contributed by atoms with van der Waals surface area (Å²) in [6, 6.07) is 0. The molecule has 0 aromatic heterocycles. The molecule has 0 atom stereocenters. The maximum Gasteiger partial charge on any atom is 0.333 e. The standard InChI is InChI=1S/C16H30O2.2C5H8O2/c1-4-5-6-7-8-9-10-11-12-13-14-18-16(17)15(2)3;1-4(2)5(6)7-3;1-3-5(6)7-4-2/h2,4-14H2,1,3H3;1H2,2-3H3;3H,1,4H2,2H3. The van der Waals surface area contributed by atoms with Gasteiger partial charge in [0.15, 0.2) is 0 Å². The van der Waals surface area contributed by atoms with Gasteiger partial charge in [0.05, 0.1) is 20.3 Å². The van der Waals surface area contributed by atoms with Crippen molar-refractivity contribution in [1.82, 2.24) is 0 Å². The second-order valence-electron chi connectivity index (χ2n) is 7.33. The fourth-order valence-electron chi connectivity index (χ4n) is 2.25. The molecule has 0 saturated heterocycles. The molecule has 0 radical (unpaired) electrons. The van der Waals surface area contributed by atoms with E-state index in [4.69, 9.17) is 4.74 Å². The van der Waals surface area contributed by atoms with E-state index >= 15 is 0 Å². The maximum absolute atomic E-state index is 11.1. The van der Waals surface area contributed by atoms with Gasteiger partial charge in [-0.25, -0.2) is 14.4 Å². The molecule has 0 aromatic carbocycles. The number of ether oxygens (including phenoxy) is 3. The summed E-state index contributed by atoms with van der Waals surface area (Å²) >= 11 is 0. The van der Waals surface area contributed by atoms with Gasteiger partial charge in [-0.1, -0.05) is 84.4 Å². The van der Waals surface area contributed by atoms with Crippen molar-refractivity contribution in [3.63, 3.8) is 0 Å². The van der Waals surface area contributed by atoms with Crippen molar-refractivity contribution in [2.24, 2.45) is 0 Å². The van der Waals surface area contributed by atoms with Crippen LogP contribution in [-0.2, 0) is 28.6 Å². The Hall–Kier alpha value is -2.37. The van der Waals surface area contributed by atoms with Crippen LogP contribution >= 0.6 is 0 Å². The van der Waals surface area contributed by atoms with E-state index in [2.05, 4.69) is 36.1 Å². The van der Waals surface area contributed by atoms with E-state index in [0.29, 0.717) is 24.4 Å². The highest BCUT2D eigenvalue weighted by atomic mass is 16.5. The highest BCUT2D eigenvalue weighted by molar-refractivity contribution is 5.87. The fourth-order valence-corrected chi connectivity index (χ4v) is 2.25. The van der Waals surface area contributed by atoms with Crippen LogP contribution in [-0.4, -0.2) is 38.2 Å². The second-order valence-corrected chi connectivity index (χ2v) is 7.33. The van der Waals surface area contributed by atoms with Crippen molar-refractivity contribution in [3.8, 4) is 0 Å². The molecule has 0 bridgehead atoms.